The Bertz CT molecular complexity index is 2470. The summed E-state index contributed by atoms with van der Waals surface area (Å²) in [5, 5.41) is 51.7. The summed E-state index contributed by atoms with van der Waals surface area (Å²) in [4.78, 5) is 35.3. The average molecular weight is 886 g/mol. The van der Waals surface area contributed by atoms with Crippen LogP contribution >= 0.6 is 23.2 Å². The van der Waals surface area contributed by atoms with Crippen LogP contribution in [0.25, 0.3) is 0 Å². The molecule has 0 spiro atoms. The van der Waals surface area contributed by atoms with Crippen LogP contribution in [0.4, 0.5) is 14.0 Å². The van der Waals surface area contributed by atoms with Crippen LogP contribution in [0.15, 0.2) is 85.6 Å². The Balaban J connectivity index is 1.36. The third kappa shape index (κ3) is 9.43. The third-order valence-corrected chi connectivity index (χ3v) is 12.6. The number of aromatic nitrogens is 10. The first kappa shape index (κ1) is 42.7. The summed E-state index contributed by atoms with van der Waals surface area (Å²) in [5.74, 6) is -0.505. The number of pyridine rings is 1. The lowest BCUT2D eigenvalue weighted by Crippen LogP contribution is -2.63. The minimum absolute atomic E-state index is 0.121. The molecule has 4 aromatic heterocycles. The first-order chi connectivity index (χ1) is 30.1. The fraction of sp³-hybridized carbons (Fsp3) is 0.419. The van der Waals surface area contributed by atoms with Gasteiger partial charge in [-0.1, -0.05) is 108 Å². The summed E-state index contributed by atoms with van der Waals surface area (Å²) in [6, 6.07) is 13.7. The predicted octanol–water partition coefficient (Wildman–Crippen LogP) is 8.25. The van der Waals surface area contributed by atoms with Gasteiger partial charge in [0.05, 0.1) is 43.9 Å². The highest BCUT2D eigenvalue weighted by Gasteiger charge is 2.58. The number of nitrogens with zero attached hydrogens (tertiary/aromatic N) is 12. The van der Waals surface area contributed by atoms with Crippen molar-refractivity contribution >= 4 is 35.4 Å². The zero-order chi connectivity index (χ0) is 43.2. The Labute approximate surface area is 367 Å². The predicted molar refractivity (Wildman–Crippen MR) is 226 cm³/mol. The zero-order valence-electron chi connectivity index (χ0n) is 33.9. The molecule has 0 radical (unpaired) electrons. The van der Waals surface area contributed by atoms with Crippen LogP contribution in [0.1, 0.15) is 104 Å². The molecule has 8 rings (SSSR count). The van der Waals surface area contributed by atoms with E-state index >= 15 is 0 Å². The van der Waals surface area contributed by atoms with Crippen LogP contribution in [0.3, 0.4) is 0 Å². The molecule has 4 heterocycles. The molecule has 2 fully saturated rings. The number of amides is 2. The van der Waals surface area contributed by atoms with Gasteiger partial charge in [-0.3, -0.25) is 14.8 Å². The molecular formula is C43H47Cl2FN12O4. The molecule has 2 aliphatic rings. The highest BCUT2D eigenvalue weighted by Crippen LogP contribution is 2.50. The van der Waals surface area contributed by atoms with Crippen molar-refractivity contribution in [3.63, 3.8) is 0 Å². The molecule has 2 aliphatic carbocycles. The van der Waals surface area contributed by atoms with Gasteiger partial charge in [-0.2, -0.15) is 0 Å². The third-order valence-electron chi connectivity index (χ3n) is 12.0. The van der Waals surface area contributed by atoms with E-state index < -0.39 is 41.7 Å². The van der Waals surface area contributed by atoms with E-state index in [0.29, 0.717) is 59.1 Å². The highest BCUT2D eigenvalue weighted by molar-refractivity contribution is 6.33. The second-order valence-electron chi connectivity index (χ2n) is 16.2. The van der Waals surface area contributed by atoms with Crippen molar-refractivity contribution in [2.75, 3.05) is 0 Å². The van der Waals surface area contributed by atoms with Gasteiger partial charge in [0, 0.05) is 40.9 Å². The summed E-state index contributed by atoms with van der Waals surface area (Å²) in [6.07, 6.45) is 12.2. The van der Waals surface area contributed by atoms with Crippen molar-refractivity contribution in [1.29, 1.82) is 0 Å². The lowest BCUT2D eigenvalue weighted by Gasteiger charge is -2.53. The van der Waals surface area contributed by atoms with E-state index in [0.717, 1.165) is 50.3 Å². The minimum atomic E-state index is -1.85. The van der Waals surface area contributed by atoms with Gasteiger partial charge < -0.3 is 10.2 Å². The van der Waals surface area contributed by atoms with Gasteiger partial charge in [-0.15, -0.1) is 15.3 Å². The Morgan fingerprint density at radius 2 is 1.40 bits per heavy atom. The van der Waals surface area contributed by atoms with Crippen LogP contribution in [0.5, 0.6) is 0 Å². The Morgan fingerprint density at radius 3 is 2.11 bits per heavy atom. The summed E-state index contributed by atoms with van der Waals surface area (Å²) < 4.78 is 18.9. The second-order valence-corrected chi connectivity index (χ2v) is 17.1. The quantitative estimate of drug-likeness (QED) is 0.101. The second kappa shape index (κ2) is 19.0. The van der Waals surface area contributed by atoms with Crippen molar-refractivity contribution in [3.05, 3.63) is 135 Å². The molecule has 0 saturated heterocycles. The van der Waals surface area contributed by atoms with Gasteiger partial charge in [0.25, 0.3) is 0 Å². The van der Waals surface area contributed by atoms with E-state index in [1.807, 2.05) is 30.3 Å². The van der Waals surface area contributed by atoms with E-state index in [-0.39, 0.29) is 30.9 Å². The maximum atomic E-state index is 14.4. The standard InChI is InChI=1S/C43H47Cl2FN12O4/c44-32-16-17-37(45)31(19-32)25-56-27-38(49-52-56)40(57(41(59)60)35-12-6-2-7-13-35)43(58(42(61)62)36-14-8-3-9-15-36,39-28-55(53-50-39)23-29-10-4-1-5-11-29)20-34-26-54(51-48-34)24-30-18-33(46)22-47-21-30/h1,4-5,10-11,16-19,21-22,26-28,35-36,40H,2-3,6-9,12-15,20,23-25H2,(H,59,60)(H,61,62). The number of rotatable bonds is 15. The van der Waals surface area contributed by atoms with Gasteiger partial charge in [0.2, 0.25) is 0 Å². The summed E-state index contributed by atoms with van der Waals surface area (Å²) >= 11 is 13.0. The van der Waals surface area contributed by atoms with Gasteiger partial charge in [0.15, 0.2) is 0 Å². The van der Waals surface area contributed by atoms with E-state index in [1.54, 1.807) is 46.2 Å². The lowest BCUT2D eigenvalue weighted by atomic mass is 9.75. The van der Waals surface area contributed by atoms with E-state index in [9.17, 15) is 24.2 Å². The number of carbonyl (C=O) groups is 2. The monoisotopic (exact) mass is 884 g/mol. The van der Waals surface area contributed by atoms with Crippen molar-refractivity contribution < 1.29 is 24.2 Å². The average Bonchev–Trinajstić information content (AvgIpc) is 4.04. The molecule has 62 heavy (non-hydrogen) atoms. The van der Waals surface area contributed by atoms with Gasteiger partial charge in [0.1, 0.15) is 28.8 Å². The Hall–Kier alpha value is -5.94. The first-order valence-corrected chi connectivity index (χ1v) is 21.6. The number of benzene rings is 2. The molecular weight excluding hydrogens is 838 g/mol. The molecule has 0 aliphatic heterocycles. The Morgan fingerprint density at radius 1 is 0.742 bits per heavy atom. The first-order valence-electron chi connectivity index (χ1n) is 20.9. The van der Waals surface area contributed by atoms with Crippen LogP contribution in [-0.4, -0.2) is 94.2 Å². The number of hydrogen-bond donors (Lipinski definition) is 2. The molecule has 2 unspecified atom stereocenters. The molecule has 2 atom stereocenters. The van der Waals surface area contributed by atoms with Gasteiger partial charge in [-0.25, -0.2) is 28.0 Å². The van der Waals surface area contributed by atoms with Gasteiger partial charge in [-0.05, 0) is 66.6 Å². The normalized spacial score (nSPS) is 16.4. The molecule has 6 aromatic rings. The molecule has 2 aromatic carbocycles. The molecule has 2 N–H and O–H groups in total. The smallest absolute Gasteiger partial charge is 0.408 e. The molecule has 324 valence electrons. The van der Waals surface area contributed by atoms with Crippen molar-refractivity contribution in [3.8, 4) is 0 Å². The molecule has 0 bridgehead atoms. The number of halogens is 3. The summed E-state index contributed by atoms with van der Waals surface area (Å²) in [7, 11) is 0. The zero-order valence-corrected chi connectivity index (χ0v) is 35.4. The van der Waals surface area contributed by atoms with E-state index in [4.69, 9.17) is 33.4 Å². The molecule has 2 amide bonds. The Kier molecular flexibility index (Phi) is 13.1. The lowest BCUT2D eigenvalue weighted by molar-refractivity contribution is -0.0463. The molecule has 19 heteroatoms. The SMILES string of the molecule is O=C(O)N(C1CCCCC1)C(c1cn(Cc2cc(Cl)ccc2Cl)nn1)C(Cc1cn(Cc2cncc(F)c2)nn1)(c1cn(Cc2ccccc2)nn1)N(C(=O)O)C1CCCCC1. The maximum Gasteiger partial charge on any atom is 0.408 e. The van der Waals surface area contributed by atoms with Crippen LogP contribution in [0.2, 0.25) is 10.0 Å². The van der Waals surface area contributed by atoms with Crippen molar-refractivity contribution in [2.24, 2.45) is 0 Å². The minimum Gasteiger partial charge on any atom is -0.465 e. The topological polar surface area (TPSA) is 186 Å². The highest BCUT2D eigenvalue weighted by atomic mass is 35.5. The number of carboxylic acid groups (broad SMARTS) is 2. The largest absolute Gasteiger partial charge is 0.465 e. The van der Waals surface area contributed by atoms with Crippen molar-refractivity contribution in [1.82, 2.24) is 59.8 Å². The van der Waals surface area contributed by atoms with Crippen LogP contribution in [0, 0.1) is 5.82 Å². The molecule has 2 saturated carbocycles. The summed E-state index contributed by atoms with van der Waals surface area (Å²) in [6.45, 7) is 0.575. The fourth-order valence-corrected chi connectivity index (χ4v) is 9.69. The fourth-order valence-electron chi connectivity index (χ4n) is 9.32. The maximum absolute atomic E-state index is 14.4. The molecule has 16 nitrogen and oxygen atoms in total. The van der Waals surface area contributed by atoms with Crippen molar-refractivity contribution in [2.45, 2.75) is 114 Å². The van der Waals surface area contributed by atoms with E-state index in [2.05, 4.69) is 25.7 Å². The van der Waals surface area contributed by atoms with E-state index in [1.165, 1.54) is 26.7 Å². The summed E-state index contributed by atoms with van der Waals surface area (Å²) in [5.41, 5.74) is 1.03. The number of hydrogen-bond acceptors (Lipinski definition) is 9. The van der Waals surface area contributed by atoms with Crippen LogP contribution in [-0.2, 0) is 31.6 Å². The van der Waals surface area contributed by atoms with Gasteiger partial charge >= 0.3 is 12.2 Å². The van der Waals surface area contributed by atoms with Crippen LogP contribution < -0.4 is 0 Å².